The van der Waals surface area contributed by atoms with Gasteiger partial charge in [-0.2, -0.15) is 0 Å². The van der Waals surface area contributed by atoms with Crippen molar-refractivity contribution >= 4 is 5.97 Å². The molecule has 0 radical (unpaired) electrons. The third-order valence-electron chi connectivity index (χ3n) is 3.31. The van der Waals surface area contributed by atoms with E-state index < -0.39 is 11.4 Å². The highest BCUT2D eigenvalue weighted by Gasteiger charge is 2.28. The van der Waals surface area contributed by atoms with Crippen molar-refractivity contribution in [2.24, 2.45) is 0 Å². The van der Waals surface area contributed by atoms with Crippen LogP contribution in [0.25, 0.3) is 0 Å². The lowest BCUT2D eigenvalue weighted by molar-refractivity contribution is -0.138. The zero-order valence-electron chi connectivity index (χ0n) is 12.2. The largest absolute Gasteiger partial charge is 0.493 e. The van der Waals surface area contributed by atoms with Crippen LogP contribution in [0.3, 0.4) is 0 Å². The molecular formula is C15H22O4. The summed E-state index contributed by atoms with van der Waals surface area (Å²) in [7, 11) is 3.18. The Labute approximate surface area is 114 Å². The smallest absolute Gasteiger partial charge is 0.304 e. The van der Waals surface area contributed by atoms with Gasteiger partial charge in [-0.05, 0) is 29.7 Å². The Kier molecular flexibility index (Phi) is 4.81. The minimum atomic E-state index is -0.804. The van der Waals surface area contributed by atoms with Gasteiger partial charge in [0.25, 0.3) is 0 Å². The maximum absolute atomic E-state index is 11.0. The third kappa shape index (κ3) is 3.40. The zero-order valence-corrected chi connectivity index (χ0v) is 12.2. The summed E-state index contributed by atoms with van der Waals surface area (Å²) < 4.78 is 10.6. The highest BCUT2D eigenvalue weighted by Crippen LogP contribution is 2.38. The number of aliphatic carboxylic acids is 1. The number of benzene rings is 1. The molecule has 0 bridgehead atoms. The van der Waals surface area contributed by atoms with E-state index >= 15 is 0 Å². The highest BCUT2D eigenvalue weighted by molar-refractivity contribution is 5.69. The van der Waals surface area contributed by atoms with Gasteiger partial charge < -0.3 is 14.6 Å². The Morgan fingerprint density at radius 3 is 2.16 bits per heavy atom. The number of aryl methyl sites for hydroxylation is 1. The van der Waals surface area contributed by atoms with Crippen molar-refractivity contribution in [1.29, 1.82) is 0 Å². The summed E-state index contributed by atoms with van der Waals surface area (Å²) in [5.74, 6) is 0.504. The van der Waals surface area contributed by atoms with Crippen molar-refractivity contribution < 1.29 is 19.4 Å². The van der Waals surface area contributed by atoms with Crippen molar-refractivity contribution in [3.63, 3.8) is 0 Å². The fourth-order valence-corrected chi connectivity index (χ4v) is 2.32. The molecule has 0 amide bonds. The number of ether oxygens (including phenoxy) is 2. The van der Waals surface area contributed by atoms with Crippen LogP contribution < -0.4 is 9.47 Å². The normalized spacial score (nSPS) is 11.2. The van der Waals surface area contributed by atoms with Crippen molar-refractivity contribution in [2.45, 2.75) is 39.0 Å². The Bertz CT molecular complexity index is 463. The van der Waals surface area contributed by atoms with E-state index in [2.05, 4.69) is 0 Å². The molecule has 1 aromatic carbocycles. The first kappa shape index (κ1) is 15.3. The van der Waals surface area contributed by atoms with Crippen LogP contribution in [0, 0.1) is 0 Å². The Morgan fingerprint density at radius 2 is 1.74 bits per heavy atom. The molecule has 4 heteroatoms. The van der Waals surface area contributed by atoms with E-state index in [-0.39, 0.29) is 6.42 Å². The van der Waals surface area contributed by atoms with Crippen LogP contribution in [0.5, 0.6) is 11.5 Å². The summed E-state index contributed by atoms with van der Waals surface area (Å²) in [5, 5.41) is 9.05. The monoisotopic (exact) mass is 266 g/mol. The number of carboxylic acids is 1. The van der Waals surface area contributed by atoms with E-state index in [1.165, 1.54) is 0 Å². The number of carboxylic acid groups (broad SMARTS) is 1. The number of hydrogen-bond donors (Lipinski definition) is 1. The predicted octanol–water partition coefficient (Wildman–Crippen LogP) is 3.02. The molecule has 0 spiro atoms. The molecule has 4 nitrogen and oxygen atoms in total. The van der Waals surface area contributed by atoms with Gasteiger partial charge in [-0.25, -0.2) is 0 Å². The summed E-state index contributed by atoms with van der Waals surface area (Å²) >= 11 is 0. The average molecular weight is 266 g/mol. The van der Waals surface area contributed by atoms with E-state index in [1.807, 2.05) is 32.9 Å². The van der Waals surface area contributed by atoms with Gasteiger partial charge in [0, 0.05) is 5.41 Å². The Hall–Kier alpha value is -1.71. The molecule has 19 heavy (non-hydrogen) atoms. The van der Waals surface area contributed by atoms with Crippen LogP contribution in [0.1, 0.15) is 38.3 Å². The zero-order chi connectivity index (χ0) is 14.6. The quantitative estimate of drug-likeness (QED) is 0.860. The van der Waals surface area contributed by atoms with E-state index in [1.54, 1.807) is 14.2 Å². The Balaban J connectivity index is 3.36. The van der Waals surface area contributed by atoms with Crippen molar-refractivity contribution in [3.05, 3.63) is 23.3 Å². The summed E-state index contributed by atoms with van der Waals surface area (Å²) in [4.78, 5) is 11.0. The fourth-order valence-electron chi connectivity index (χ4n) is 2.32. The number of rotatable bonds is 6. The lowest BCUT2D eigenvalue weighted by Crippen LogP contribution is -2.23. The van der Waals surface area contributed by atoms with Crippen LogP contribution >= 0.6 is 0 Å². The SMILES string of the molecule is CCc1cc(OC)c(OC)cc1C(C)(C)CC(=O)O. The third-order valence-corrected chi connectivity index (χ3v) is 3.31. The van der Waals surface area contributed by atoms with E-state index in [9.17, 15) is 4.79 Å². The van der Waals surface area contributed by atoms with Gasteiger partial charge in [0.05, 0.1) is 20.6 Å². The summed E-state index contributed by atoms with van der Waals surface area (Å²) in [6.07, 6.45) is 0.897. The molecule has 0 aliphatic heterocycles. The highest BCUT2D eigenvalue weighted by atomic mass is 16.5. The van der Waals surface area contributed by atoms with Crippen LogP contribution in [-0.2, 0) is 16.6 Å². The molecule has 0 heterocycles. The minimum absolute atomic E-state index is 0.0789. The number of hydrogen-bond acceptors (Lipinski definition) is 3. The summed E-state index contributed by atoms with van der Waals surface area (Å²) in [6.45, 7) is 5.91. The standard InChI is InChI=1S/C15H22O4/c1-6-10-7-12(18-4)13(19-5)8-11(10)15(2,3)9-14(16)17/h7-8H,6,9H2,1-5H3,(H,16,17). The maximum Gasteiger partial charge on any atom is 0.304 e. The van der Waals surface area contributed by atoms with Crippen LogP contribution in [0.15, 0.2) is 12.1 Å². The molecule has 0 aromatic heterocycles. The van der Waals surface area contributed by atoms with E-state index in [0.717, 1.165) is 17.5 Å². The topological polar surface area (TPSA) is 55.8 Å². The molecule has 0 saturated heterocycles. The first-order chi connectivity index (χ1) is 8.85. The van der Waals surface area contributed by atoms with Crippen LogP contribution in [0.4, 0.5) is 0 Å². The first-order valence-electron chi connectivity index (χ1n) is 6.32. The molecular weight excluding hydrogens is 244 g/mol. The van der Waals surface area contributed by atoms with Gasteiger partial charge in [0.2, 0.25) is 0 Å². The van der Waals surface area contributed by atoms with E-state index in [0.29, 0.717) is 11.5 Å². The summed E-state index contributed by atoms with van der Waals surface area (Å²) in [6, 6.07) is 3.82. The average Bonchev–Trinajstić information content (AvgIpc) is 2.35. The molecule has 1 rings (SSSR count). The lowest BCUT2D eigenvalue weighted by atomic mass is 9.78. The lowest BCUT2D eigenvalue weighted by Gasteiger charge is -2.27. The van der Waals surface area contributed by atoms with Gasteiger partial charge in [-0.1, -0.05) is 20.8 Å². The minimum Gasteiger partial charge on any atom is -0.493 e. The maximum atomic E-state index is 11.0. The van der Waals surface area contributed by atoms with E-state index in [4.69, 9.17) is 14.6 Å². The molecule has 106 valence electrons. The van der Waals surface area contributed by atoms with Crippen molar-refractivity contribution in [3.8, 4) is 11.5 Å². The Morgan fingerprint density at radius 1 is 1.21 bits per heavy atom. The van der Waals surface area contributed by atoms with Gasteiger partial charge in [-0.15, -0.1) is 0 Å². The second-order valence-corrected chi connectivity index (χ2v) is 5.17. The van der Waals surface area contributed by atoms with Gasteiger partial charge >= 0.3 is 5.97 Å². The number of methoxy groups -OCH3 is 2. The van der Waals surface area contributed by atoms with Crippen LogP contribution in [0.2, 0.25) is 0 Å². The second-order valence-electron chi connectivity index (χ2n) is 5.17. The molecule has 0 unspecified atom stereocenters. The van der Waals surface area contributed by atoms with Gasteiger partial charge in [0.1, 0.15) is 0 Å². The number of carbonyl (C=O) groups is 1. The fraction of sp³-hybridized carbons (Fsp3) is 0.533. The molecule has 0 saturated carbocycles. The summed E-state index contributed by atoms with van der Waals surface area (Å²) in [5.41, 5.74) is 1.63. The van der Waals surface area contributed by atoms with Gasteiger partial charge in [0.15, 0.2) is 11.5 Å². The molecule has 1 N–H and O–H groups in total. The van der Waals surface area contributed by atoms with Crippen LogP contribution in [-0.4, -0.2) is 25.3 Å². The molecule has 0 atom stereocenters. The first-order valence-corrected chi connectivity index (χ1v) is 6.32. The molecule has 0 fully saturated rings. The molecule has 0 aliphatic carbocycles. The van der Waals surface area contributed by atoms with Gasteiger partial charge in [-0.3, -0.25) is 4.79 Å². The van der Waals surface area contributed by atoms with Crippen molar-refractivity contribution in [2.75, 3.05) is 14.2 Å². The molecule has 0 aliphatic rings. The van der Waals surface area contributed by atoms with Crippen molar-refractivity contribution in [1.82, 2.24) is 0 Å². The predicted molar refractivity (Wildman–Crippen MR) is 74.2 cm³/mol. The molecule has 1 aromatic rings. The second kappa shape index (κ2) is 5.95.